The van der Waals surface area contributed by atoms with Crippen LogP contribution in [0.15, 0.2) is 29.2 Å². The highest BCUT2D eigenvalue weighted by Crippen LogP contribution is 2.21. The third-order valence-corrected chi connectivity index (χ3v) is 4.11. The van der Waals surface area contributed by atoms with E-state index in [4.69, 9.17) is 5.73 Å². The van der Waals surface area contributed by atoms with Crippen molar-refractivity contribution in [3.05, 3.63) is 24.3 Å². The molecule has 5 nitrogen and oxygen atoms in total. The number of carbonyl (C=O) groups is 1. The van der Waals surface area contributed by atoms with E-state index in [1.165, 1.54) is 12.1 Å². The summed E-state index contributed by atoms with van der Waals surface area (Å²) in [5.41, 5.74) is 5.80. The monoisotopic (exact) mass is 320 g/mol. The number of nitrogens with two attached hydrogens (primary N) is 1. The van der Waals surface area contributed by atoms with Gasteiger partial charge in [0.05, 0.1) is 10.9 Å². The zero-order chi connectivity index (χ0) is 16.2. The van der Waals surface area contributed by atoms with Gasteiger partial charge in [0.1, 0.15) is 0 Å². The first kappa shape index (κ1) is 17.5. The van der Waals surface area contributed by atoms with E-state index in [1.807, 2.05) is 13.8 Å². The molecule has 1 atom stereocenters. The number of benzene rings is 1. The molecule has 1 aromatic rings. The van der Waals surface area contributed by atoms with Crippen molar-refractivity contribution < 1.29 is 22.0 Å². The molecule has 0 aliphatic heterocycles. The Balaban J connectivity index is 2.90. The minimum absolute atomic E-state index is 0.112. The van der Waals surface area contributed by atoms with Gasteiger partial charge in [-0.3, -0.25) is 4.79 Å². The van der Waals surface area contributed by atoms with Crippen LogP contribution in [0.3, 0.4) is 0 Å². The molecule has 0 unspecified atom stereocenters. The lowest BCUT2D eigenvalue weighted by Gasteiger charge is -2.14. The Bertz CT molecular complexity index is 603. The van der Waals surface area contributed by atoms with Gasteiger partial charge >= 0.3 is 5.76 Å². The Morgan fingerprint density at radius 2 is 1.95 bits per heavy atom. The predicted molar refractivity (Wildman–Crippen MR) is 75.7 cm³/mol. The number of rotatable bonds is 6. The van der Waals surface area contributed by atoms with Crippen LogP contribution in [-0.2, 0) is 14.6 Å². The van der Waals surface area contributed by atoms with Crippen molar-refractivity contribution in [2.75, 3.05) is 5.32 Å². The minimum atomic E-state index is -4.69. The number of alkyl halides is 2. The lowest BCUT2D eigenvalue weighted by molar-refractivity contribution is -0.117. The second-order valence-corrected chi connectivity index (χ2v) is 6.98. The number of hydrogen-bond donors (Lipinski definition) is 2. The van der Waals surface area contributed by atoms with Crippen LogP contribution >= 0.6 is 0 Å². The van der Waals surface area contributed by atoms with E-state index in [0.29, 0.717) is 6.42 Å². The maximum atomic E-state index is 12.5. The fourth-order valence-electron chi connectivity index (χ4n) is 1.70. The summed E-state index contributed by atoms with van der Waals surface area (Å²) in [4.78, 5) is 11.3. The molecule has 0 heterocycles. The largest absolute Gasteiger partial charge is 0.341 e. The zero-order valence-electron chi connectivity index (χ0n) is 11.7. The van der Waals surface area contributed by atoms with E-state index in [1.54, 1.807) is 0 Å². The number of nitrogens with one attached hydrogen (secondary N) is 1. The van der Waals surface area contributed by atoms with Crippen molar-refractivity contribution >= 4 is 21.4 Å². The van der Waals surface area contributed by atoms with E-state index in [9.17, 15) is 22.0 Å². The molecule has 0 saturated heterocycles. The number of halogens is 2. The molecule has 0 bridgehead atoms. The first-order valence-electron chi connectivity index (χ1n) is 6.33. The molecule has 1 rings (SSSR count). The van der Waals surface area contributed by atoms with E-state index >= 15 is 0 Å². The molecular formula is C13H18F2N2O3S. The fourth-order valence-corrected chi connectivity index (χ4v) is 2.47. The molecule has 8 heteroatoms. The van der Waals surface area contributed by atoms with E-state index in [-0.39, 0.29) is 11.6 Å². The van der Waals surface area contributed by atoms with Crippen LogP contribution in [0.4, 0.5) is 14.5 Å². The topological polar surface area (TPSA) is 89.3 Å². The zero-order valence-corrected chi connectivity index (χ0v) is 12.5. The van der Waals surface area contributed by atoms with Gasteiger partial charge in [-0.05, 0) is 30.5 Å². The average molecular weight is 320 g/mol. The molecule has 118 valence electrons. The third kappa shape index (κ3) is 4.75. The summed E-state index contributed by atoms with van der Waals surface area (Å²) in [6.07, 6.45) is 0.459. The Labute approximate surface area is 122 Å². The van der Waals surface area contributed by atoms with Gasteiger partial charge in [-0.25, -0.2) is 8.42 Å². The first-order valence-corrected chi connectivity index (χ1v) is 7.87. The summed E-state index contributed by atoms with van der Waals surface area (Å²) in [7, 11) is -4.69. The van der Waals surface area contributed by atoms with Crippen LogP contribution < -0.4 is 11.1 Å². The van der Waals surface area contributed by atoms with Crippen LogP contribution in [0.25, 0.3) is 0 Å². The number of sulfone groups is 1. The van der Waals surface area contributed by atoms with Crippen molar-refractivity contribution in [1.82, 2.24) is 0 Å². The quantitative estimate of drug-likeness (QED) is 0.839. The van der Waals surface area contributed by atoms with Crippen LogP contribution in [0, 0.1) is 5.92 Å². The number of carbonyl (C=O) groups excluding carboxylic acids is 1. The van der Waals surface area contributed by atoms with E-state index in [2.05, 4.69) is 5.32 Å². The molecule has 0 saturated carbocycles. The lowest BCUT2D eigenvalue weighted by Crippen LogP contribution is -2.36. The van der Waals surface area contributed by atoms with Gasteiger partial charge in [-0.1, -0.05) is 19.9 Å². The summed E-state index contributed by atoms with van der Waals surface area (Å²) < 4.78 is 47.7. The first-order chi connectivity index (χ1) is 9.64. The summed E-state index contributed by atoms with van der Waals surface area (Å²) in [6, 6.07) is 3.97. The van der Waals surface area contributed by atoms with Crippen molar-refractivity contribution in [3.8, 4) is 0 Å². The Morgan fingerprint density at radius 3 is 2.48 bits per heavy atom. The SMILES string of the molecule is CC(C)C[C@H](N)C(=O)Nc1cccc(S(=O)(=O)C(F)F)c1. The predicted octanol–water partition coefficient (Wildman–Crippen LogP) is 1.99. The van der Waals surface area contributed by atoms with E-state index in [0.717, 1.165) is 12.1 Å². The van der Waals surface area contributed by atoms with Gasteiger partial charge in [-0.2, -0.15) is 8.78 Å². The highest BCUT2D eigenvalue weighted by molar-refractivity contribution is 7.91. The highest BCUT2D eigenvalue weighted by Gasteiger charge is 2.26. The Kier molecular flexibility index (Phi) is 5.79. The summed E-state index contributed by atoms with van der Waals surface area (Å²) in [5.74, 6) is -3.78. The number of anilines is 1. The Hall–Kier alpha value is -1.54. The smallest absolute Gasteiger partial charge is 0.325 e. The standard InChI is InChI=1S/C13H18F2N2O3S/c1-8(2)6-11(16)12(18)17-9-4-3-5-10(7-9)21(19,20)13(14)15/h3-5,7-8,11,13H,6,16H2,1-2H3,(H,17,18)/t11-/m0/s1. The summed E-state index contributed by atoms with van der Waals surface area (Å²) in [5, 5.41) is 2.43. The molecular weight excluding hydrogens is 302 g/mol. The van der Waals surface area contributed by atoms with Gasteiger partial charge in [0.15, 0.2) is 0 Å². The minimum Gasteiger partial charge on any atom is -0.325 e. The second-order valence-electron chi connectivity index (χ2n) is 5.06. The van der Waals surface area contributed by atoms with Crippen LogP contribution in [0.1, 0.15) is 20.3 Å². The van der Waals surface area contributed by atoms with E-state index < -0.39 is 32.4 Å². The third-order valence-electron chi connectivity index (χ3n) is 2.73. The van der Waals surface area contributed by atoms with Crippen LogP contribution in [0.2, 0.25) is 0 Å². The molecule has 0 aliphatic carbocycles. The molecule has 3 N–H and O–H groups in total. The van der Waals surface area contributed by atoms with Crippen molar-refractivity contribution in [1.29, 1.82) is 0 Å². The molecule has 0 radical (unpaired) electrons. The van der Waals surface area contributed by atoms with Gasteiger partial charge in [-0.15, -0.1) is 0 Å². The number of amides is 1. The second kappa shape index (κ2) is 6.95. The molecule has 21 heavy (non-hydrogen) atoms. The Morgan fingerprint density at radius 1 is 1.33 bits per heavy atom. The fraction of sp³-hybridized carbons (Fsp3) is 0.462. The van der Waals surface area contributed by atoms with Gasteiger partial charge in [0.2, 0.25) is 15.7 Å². The molecule has 1 amide bonds. The molecule has 0 fully saturated rings. The van der Waals surface area contributed by atoms with Crippen molar-refractivity contribution in [2.24, 2.45) is 11.7 Å². The van der Waals surface area contributed by atoms with Gasteiger partial charge in [0.25, 0.3) is 0 Å². The number of hydrogen-bond acceptors (Lipinski definition) is 4. The average Bonchev–Trinajstić information content (AvgIpc) is 2.37. The molecule has 0 aliphatic rings. The summed E-state index contributed by atoms with van der Waals surface area (Å²) >= 11 is 0. The molecule has 0 aromatic heterocycles. The highest BCUT2D eigenvalue weighted by atomic mass is 32.2. The van der Waals surface area contributed by atoms with Gasteiger partial charge < -0.3 is 11.1 Å². The van der Waals surface area contributed by atoms with Crippen molar-refractivity contribution in [3.63, 3.8) is 0 Å². The van der Waals surface area contributed by atoms with Crippen LogP contribution in [0.5, 0.6) is 0 Å². The van der Waals surface area contributed by atoms with Crippen molar-refractivity contribution in [2.45, 2.75) is 37.0 Å². The normalized spacial score (nSPS) is 13.5. The molecule has 1 aromatic carbocycles. The maximum Gasteiger partial charge on any atom is 0.341 e. The lowest BCUT2D eigenvalue weighted by atomic mass is 10.0. The van der Waals surface area contributed by atoms with Crippen LogP contribution in [-0.4, -0.2) is 26.1 Å². The summed E-state index contributed by atoms with van der Waals surface area (Å²) in [6.45, 7) is 3.81. The van der Waals surface area contributed by atoms with Gasteiger partial charge in [0, 0.05) is 5.69 Å². The molecule has 0 spiro atoms. The maximum absolute atomic E-state index is 12.5.